The largest absolute Gasteiger partial charge is 0.435 e. The third-order valence-corrected chi connectivity index (χ3v) is 3.55. The standard InChI is InChI=1S/C15H13F2N5O4/c1-21-12-11(13(24)20-15(21)25)22(7-18-12)6-10(23)19-8-2-4-9(5-3-8)26-14(16)17/h2-5,7,14H,6H2,1H3,(H,19,23)(H,20,24,25). The number of hydrogen-bond donors (Lipinski definition) is 2. The van der Waals surface area contributed by atoms with Gasteiger partial charge < -0.3 is 14.6 Å². The molecule has 9 nitrogen and oxygen atoms in total. The van der Waals surface area contributed by atoms with Crippen LogP contribution in [0, 0.1) is 0 Å². The van der Waals surface area contributed by atoms with Crippen LogP contribution in [0.2, 0.25) is 0 Å². The molecule has 0 saturated carbocycles. The van der Waals surface area contributed by atoms with E-state index in [2.05, 4.69) is 20.0 Å². The summed E-state index contributed by atoms with van der Waals surface area (Å²) in [5.74, 6) is -0.508. The fourth-order valence-corrected chi connectivity index (χ4v) is 2.38. The molecule has 1 aromatic carbocycles. The molecule has 0 unspecified atom stereocenters. The van der Waals surface area contributed by atoms with Crippen LogP contribution in [0.3, 0.4) is 0 Å². The zero-order valence-electron chi connectivity index (χ0n) is 13.4. The number of hydrogen-bond acceptors (Lipinski definition) is 5. The summed E-state index contributed by atoms with van der Waals surface area (Å²) in [6, 6.07) is 5.38. The molecule has 26 heavy (non-hydrogen) atoms. The van der Waals surface area contributed by atoms with Gasteiger partial charge in [-0.25, -0.2) is 9.78 Å². The Bertz CT molecular complexity index is 1070. The smallest absolute Gasteiger partial charge is 0.387 e. The fraction of sp³-hybridized carbons (Fsp3) is 0.200. The van der Waals surface area contributed by atoms with Crippen molar-refractivity contribution >= 4 is 22.8 Å². The number of alkyl halides is 2. The lowest BCUT2D eigenvalue weighted by atomic mass is 10.3. The number of halogens is 2. The maximum atomic E-state index is 12.2. The van der Waals surface area contributed by atoms with E-state index in [-0.39, 0.29) is 23.5 Å². The van der Waals surface area contributed by atoms with E-state index in [9.17, 15) is 23.2 Å². The van der Waals surface area contributed by atoms with Gasteiger partial charge in [0, 0.05) is 12.7 Å². The molecule has 0 bridgehead atoms. The number of anilines is 1. The van der Waals surface area contributed by atoms with Crippen LogP contribution >= 0.6 is 0 Å². The van der Waals surface area contributed by atoms with Gasteiger partial charge in [0.05, 0.1) is 6.33 Å². The number of carbonyl (C=O) groups excluding carboxylic acids is 1. The SMILES string of the molecule is Cn1c(=O)[nH]c(=O)c2c1ncn2CC(=O)Nc1ccc(OC(F)F)cc1. The Kier molecular flexibility index (Phi) is 4.52. The lowest BCUT2D eigenvalue weighted by molar-refractivity contribution is -0.116. The first-order valence-electron chi connectivity index (χ1n) is 7.34. The molecule has 0 radical (unpaired) electrons. The van der Waals surface area contributed by atoms with Gasteiger partial charge in [0.1, 0.15) is 12.3 Å². The second kappa shape index (κ2) is 6.78. The number of ether oxygens (including phenoxy) is 1. The number of H-pyrrole nitrogens is 1. The first-order valence-corrected chi connectivity index (χ1v) is 7.34. The maximum Gasteiger partial charge on any atom is 0.387 e. The van der Waals surface area contributed by atoms with Gasteiger partial charge in [0.15, 0.2) is 11.2 Å². The Hall–Kier alpha value is -3.50. The van der Waals surface area contributed by atoms with Crippen molar-refractivity contribution in [3.63, 3.8) is 0 Å². The highest BCUT2D eigenvalue weighted by Crippen LogP contribution is 2.17. The minimum absolute atomic E-state index is 0.0361. The summed E-state index contributed by atoms with van der Waals surface area (Å²) in [6.07, 6.45) is 1.28. The van der Waals surface area contributed by atoms with E-state index in [1.54, 1.807) is 0 Å². The maximum absolute atomic E-state index is 12.2. The highest BCUT2D eigenvalue weighted by Gasteiger charge is 2.14. The molecule has 0 aliphatic carbocycles. The molecule has 3 rings (SSSR count). The molecule has 0 aliphatic rings. The van der Waals surface area contributed by atoms with E-state index in [1.807, 2.05) is 0 Å². The Morgan fingerprint density at radius 1 is 1.31 bits per heavy atom. The number of aromatic nitrogens is 4. The van der Waals surface area contributed by atoms with Crippen LogP contribution in [0.25, 0.3) is 11.2 Å². The third kappa shape index (κ3) is 3.45. The van der Waals surface area contributed by atoms with Crippen LogP contribution in [-0.2, 0) is 18.4 Å². The van der Waals surface area contributed by atoms with Gasteiger partial charge in [-0.2, -0.15) is 8.78 Å². The topological polar surface area (TPSA) is 111 Å². The molecule has 3 aromatic rings. The van der Waals surface area contributed by atoms with Crippen LogP contribution in [-0.4, -0.2) is 31.6 Å². The molecule has 1 amide bonds. The molecule has 136 valence electrons. The number of carbonyl (C=O) groups is 1. The van der Waals surface area contributed by atoms with E-state index in [0.717, 1.165) is 4.57 Å². The summed E-state index contributed by atoms with van der Waals surface area (Å²) in [7, 11) is 1.45. The Morgan fingerprint density at radius 2 is 2.00 bits per heavy atom. The first kappa shape index (κ1) is 17.3. The van der Waals surface area contributed by atoms with Gasteiger partial charge in [-0.1, -0.05) is 0 Å². The zero-order chi connectivity index (χ0) is 18.8. The predicted molar refractivity (Wildman–Crippen MR) is 87.3 cm³/mol. The molecular weight excluding hydrogens is 352 g/mol. The summed E-state index contributed by atoms with van der Waals surface area (Å²) >= 11 is 0. The molecule has 11 heteroatoms. The lowest BCUT2D eigenvalue weighted by Gasteiger charge is -2.08. The van der Waals surface area contributed by atoms with E-state index in [4.69, 9.17) is 0 Å². The van der Waals surface area contributed by atoms with Crippen LogP contribution in [0.1, 0.15) is 0 Å². The minimum atomic E-state index is -2.93. The number of nitrogens with zero attached hydrogens (tertiary/aromatic N) is 3. The Labute approximate surface area is 143 Å². The molecule has 2 aromatic heterocycles. The summed E-state index contributed by atoms with van der Waals surface area (Å²) in [5.41, 5.74) is -0.657. The van der Waals surface area contributed by atoms with Crippen LogP contribution in [0.4, 0.5) is 14.5 Å². The number of aryl methyl sites for hydroxylation is 1. The fourth-order valence-electron chi connectivity index (χ4n) is 2.38. The molecule has 0 fully saturated rings. The summed E-state index contributed by atoms with van der Waals surface area (Å²) in [5, 5.41) is 2.56. The van der Waals surface area contributed by atoms with Crippen molar-refractivity contribution in [3.05, 3.63) is 51.4 Å². The lowest BCUT2D eigenvalue weighted by Crippen LogP contribution is -2.30. The average molecular weight is 365 g/mol. The molecule has 0 spiro atoms. The molecule has 0 atom stereocenters. The van der Waals surface area contributed by atoms with Gasteiger partial charge in [0.25, 0.3) is 5.56 Å². The first-order chi connectivity index (χ1) is 12.3. The van der Waals surface area contributed by atoms with Crippen molar-refractivity contribution in [1.82, 2.24) is 19.1 Å². The normalized spacial score (nSPS) is 11.1. The number of nitrogens with one attached hydrogen (secondary N) is 2. The molecule has 0 saturated heterocycles. The number of amides is 1. The highest BCUT2D eigenvalue weighted by molar-refractivity contribution is 5.91. The van der Waals surface area contributed by atoms with Gasteiger partial charge in [-0.3, -0.25) is 19.1 Å². The Morgan fingerprint density at radius 3 is 2.65 bits per heavy atom. The van der Waals surface area contributed by atoms with Crippen molar-refractivity contribution in [2.45, 2.75) is 13.2 Å². The van der Waals surface area contributed by atoms with Gasteiger partial charge >= 0.3 is 12.3 Å². The molecule has 0 aliphatic heterocycles. The van der Waals surface area contributed by atoms with E-state index in [0.29, 0.717) is 5.69 Å². The molecular formula is C15H13F2N5O4. The third-order valence-electron chi connectivity index (χ3n) is 3.55. The Balaban J connectivity index is 1.77. The zero-order valence-corrected chi connectivity index (χ0v) is 13.4. The predicted octanol–water partition coefficient (Wildman–Crippen LogP) is 0.663. The van der Waals surface area contributed by atoms with Crippen molar-refractivity contribution in [2.24, 2.45) is 7.05 Å². The van der Waals surface area contributed by atoms with Crippen molar-refractivity contribution < 1.29 is 18.3 Å². The van der Waals surface area contributed by atoms with Crippen LogP contribution in [0.5, 0.6) is 5.75 Å². The quantitative estimate of drug-likeness (QED) is 0.690. The molecule has 2 N–H and O–H groups in total. The number of rotatable bonds is 5. The molecule has 2 heterocycles. The number of fused-ring (bicyclic) bond motifs is 1. The highest BCUT2D eigenvalue weighted by atomic mass is 19.3. The van der Waals surface area contributed by atoms with Gasteiger partial charge in [0.2, 0.25) is 5.91 Å². The summed E-state index contributed by atoms with van der Waals surface area (Å²) in [6.45, 7) is -3.16. The summed E-state index contributed by atoms with van der Waals surface area (Å²) in [4.78, 5) is 41.8. The number of imidazole rings is 1. The number of aromatic amines is 1. The monoisotopic (exact) mass is 365 g/mol. The van der Waals surface area contributed by atoms with E-state index >= 15 is 0 Å². The van der Waals surface area contributed by atoms with E-state index < -0.39 is 23.8 Å². The second-order valence-electron chi connectivity index (χ2n) is 5.31. The number of benzene rings is 1. The van der Waals surface area contributed by atoms with Crippen LogP contribution < -0.4 is 21.3 Å². The van der Waals surface area contributed by atoms with Crippen molar-refractivity contribution in [3.8, 4) is 5.75 Å². The van der Waals surface area contributed by atoms with Crippen LogP contribution in [0.15, 0.2) is 40.2 Å². The average Bonchev–Trinajstić information content (AvgIpc) is 2.98. The second-order valence-corrected chi connectivity index (χ2v) is 5.31. The van der Waals surface area contributed by atoms with Crippen molar-refractivity contribution in [2.75, 3.05) is 5.32 Å². The van der Waals surface area contributed by atoms with Crippen molar-refractivity contribution in [1.29, 1.82) is 0 Å². The van der Waals surface area contributed by atoms with Gasteiger partial charge in [-0.05, 0) is 24.3 Å². The van der Waals surface area contributed by atoms with E-state index in [1.165, 1.54) is 42.2 Å². The van der Waals surface area contributed by atoms with Gasteiger partial charge in [-0.15, -0.1) is 0 Å². The summed E-state index contributed by atoms with van der Waals surface area (Å²) < 4.78 is 30.9. The minimum Gasteiger partial charge on any atom is -0.435 e.